The van der Waals surface area contributed by atoms with Gasteiger partial charge in [-0.15, -0.1) is 11.8 Å². The molecule has 0 unspecified atom stereocenters. The topological polar surface area (TPSA) is 20.3 Å². The number of nitrogens with zero attached hydrogens (tertiary/aromatic N) is 1. The van der Waals surface area contributed by atoms with E-state index in [2.05, 4.69) is 66.7 Å². The van der Waals surface area contributed by atoms with Gasteiger partial charge in [-0.25, -0.2) is 0 Å². The number of hydrogen-bond donors (Lipinski definition) is 0. The van der Waals surface area contributed by atoms with E-state index in [4.69, 9.17) is 0 Å². The van der Waals surface area contributed by atoms with E-state index in [1.165, 1.54) is 27.5 Å². The summed E-state index contributed by atoms with van der Waals surface area (Å²) < 4.78 is 0. The lowest BCUT2D eigenvalue weighted by Gasteiger charge is -2.28. The molecule has 126 valence electrons. The van der Waals surface area contributed by atoms with Crippen molar-refractivity contribution in [1.82, 2.24) is 4.90 Å². The number of hydrogen-bond acceptors (Lipinski definition) is 2. The van der Waals surface area contributed by atoms with Gasteiger partial charge < -0.3 is 4.90 Å². The number of carbonyl (C=O) groups excluding carboxylic acids is 1. The van der Waals surface area contributed by atoms with E-state index in [9.17, 15) is 4.79 Å². The summed E-state index contributed by atoms with van der Waals surface area (Å²) in [6, 6.07) is 23.3. The molecule has 1 aliphatic rings. The van der Waals surface area contributed by atoms with Crippen molar-refractivity contribution in [3.8, 4) is 0 Å². The fraction of sp³-hybridized carbons (Fsp3) is 0.227. The van der Waals surface area contributed by atoms with Crippen LogP contribution in [0.4, 0.5) is 0 Å². The van der Waals surface area contributed by atoms with Gasteiger partial charge in [-0.2, -0.15) is 0 Å². The zero-order valence-corrected chi connectivity index (χ0v) is 15.0. The van der Waals surface area contributed by atoms with Crippen LogP contribution >= 0.6 is 11.8 Å². The molecule has 4 rings (SSSR count). The summed E-state index contributed by atoms with van der Waals surface area (Å²) in [4.78, 5) is 14.6. The van der Waals surface area contributed by atoms with Gasteiger partial charge in [0.25, 0.3) is 0 Å². The van der Waals surface area contributed by atoms with Crippen LogP contribution in [0.25, 0.3) is 10.8 Å². The van der Waals surface area contributed by atoms with Crippen LogP contribution in [-0.2, 0) is 23.5 Å². The van der Waals surface area contributed by atoms with Gasteiger partial charge in [-0.1, -0.05) is 66.7 Å². The highest BCUT2D eigenvalue weighted by Gasteiger charge is 2.20. The summed E-state index contributed by atoms with van der Waals surface area (Å²) in [6.07, 6.45) is 0.968. The van der Waals surface area contributed by atoms with Crippen molar-refractivity contribution in [2.45, 2.75) is 18.7 Å². The monoisotopic (exact) mass is 347 g/mol. The van der Waals surface area contributed by atoms with Gasteiger partial charge >= 0.3 is 0 Å². The lowest BCUT2D eigenvalue weighted by atomic mass is 10.00. The molecule has 0 bridgehead atoms. The Hall–Kier alpha value is -2.26. The number of carbonyl (C=O) groups is 1. The minimum absolute atomic E-state index is 0.250. The molecule has 0 fully saturated rings. The highest BCUT2D eigenvalue weighted by molar-refractivity contribution is 7.99. The molecule has 0 aliphatic carbocycles. The first-order valence-electron chi connectivity index (χ1n) is 8.70. The van der Waals surface area contributed by atoms with Crippen molar-refractivity contribution in [2.75, 3.05) is 12.3 Å². The standard InChI is InChI=1S/C22H21NOS/c24-22(23-13-12-17-6-1-2-8-19(17)14-23)16-25-15-20-10-5-9-18-7-3-4-11-21(18)20/h1-11H,12-16H2. The molecular weight excluding hydrogens is 326 g/mol. The first-order valence-corrected chi connectivity index (χ1v) is 9.86. The molecule has 1 aliphatic heterocycles. The molecule has 3 aromatic rings. The van der Waals surface area contributed by atoms with E-state index < -0.39 is 0 Å². The molecule has 0 aromatic heterocycles. The largest absolute Gasteiger partial charge is 0.337 e. The number of fused-ring (bicyclic) bond motifs is 2. The Bertz CT molecular complexity index is 900. The van der Waals surface area contributed by atoms with Crippen molar-refractivity contribution in [1.29, 1.82) is 0 Å². The maximum atomic E-state index is 12.6. The first kappa shape index (κ1) is 16.2. The summed E-state index contributed by atoms with van der Waals surface area (Å²) in [7, 11) is 0. The van der Waals surface area contributed by atoms with Crippen molar-refractivity contribution in [3.05, 3.63) is 83.4 Å². The molecule has 0 saturated heterocycles. The molecule has 0 N–H and O–H groups in total. The third-order valence-electron chi connectivity index (χ3n) is 4.85. The molecule has 2 nitrogen and oxygen atoms in total. The average molecular weight is 347 g/mol. The van der Waals surface area contributed by atoms with E-state index in [0.29, 0.717) is 5.75 Å². The molecule has 3 heteroatoms. The van der Waals surface area contributed by atoms with Crippen LogP contribution in [0.3, 0.4) is 0 Å². The van der Waals surface area contributed by atoms with Crippen LogP contribution < -0.4 is 0 Å². The second-order valence-electron chi connectivity index (χ2n) is 6.47. The average Bonchev–Trinajstić information content (AvgIpc) is 2.67. The van der Waals surface area contributed by atoms with Gasteiger partial charge in [-0.05, 0) is 33.9 Å². The van der Waals surface area contributed by atoms with Gasteiger partial charge in [0.2, 0.25) is 5.91 Å². The van der Waals surface area contributed by atoms with Gasteiger partial charge in [-0.3, -0.25) is 4.79 Å². The van der Waals surface area contributed by atoms with Crippen molar-refractivity contribution in [2.24, 2.45) is 0 Å². The fourth-order valence-electron chi connectivity index (χ4n) is 3.47. The van der Waals surface area contributed by atoms with Gasteiger partial charge in [0.05, 0.1) is 5.75 Å². The lowest BCUT2D eigenvalue weighted by Crippen LogP contribution is -2.37. The molecule has 1 heterocycles. The molecular formula is C22H21NOS. The van der Waals surface area contributed by atoms with E-state index in [1.807, 2.05) is 4.90 Å². The quantitative estimate of drug-likeness (QED) is 0.684. The van der Waals surface area contributed by atoms with Gasteiger partial charge in [0, 0.05) is 18.8 Å². The van der Waals surface area contributed by atoms with Crippen LogP contribution in [0.1, 0.15) is 16.7 Å². The Kier molecular flexibility index (Phi) is 4.75. The molecule has 1 amide bonds. The molecule has 0 saturated carbocycles. The van der Waals surface area contributed by atoms with E-state index in [0.717, 1.165) is 25.3 Å². The molecule has 3 aromatic carbocycles. The molecule has 0 atom stereocenters. The van der Waals surface area contributed by atoms with Crippen LogP contribution in [0.2, 0.25) is 0 Å². The maximum absolute atomic E-state index is 12.6. The van der Waals surface area contributed by atoms with Gasteiger partial charge in [0.15, 0.2) is 0 Å². The van der Waals surface area contributed by atoms with Crippen molar-refractivity contribution >= 4 is 28.4 Å². The first-order chi connectivity index (χ1) is 12.3. The smallest absolute Gasteiger partial charge is 0.232 e. The second kappa shape index (κ2) is 7.32. The number of amides is 1. The summed E-state index contributed by atoms with van der Waals surface area (Å²) >= 11 is 1.71. The Morgan fingerprint density at radius 1 is 0.920 bits per heavy atom. The molecule has 25 heavy (non-hydrogen) atoms. The fourth-order valence-corrected chi connectivity index (χ4v) is 4.40. The Balaban J connectivity index is 1.36. The van der Waals surface area contributed by atoms with Gasteiger partial charge in [0.1, 0.15) is 0 Å². The Morgan fingerprint density at radius 3 is 2.60 bits per heavy atom. The van der Waals surface area contributed by atoms with Crippen molar-refractivity contribution < 1.29 is 4.79 Å². The maximum Gasteiger partial charge on any atom is 0.232 e. The number of thioether (sulfide) groups is 1. The van der Waals surface area contributed by atoms with Crippen LogP contribution in [-0.4, -0.2) is 23.1 Å². The molecule has 0 spiro atoms. The highest BCUT2D eigenvalue weighted by Crippen LogP contribution is 2.24. The predicted molar refractivity (Wildman–Crippen MR) is 106 cm³/mol. The minimum Gasteiger partial charge on any atom is -0.337 e. The molecule has 0 radical (unpaired) electrons. The van der Waals surface area contributed by atoms with E-state index >= 15 is 0 Å². The lowest BCUT2D eigenvalue weighted by molar-refractivity contribution is -0.129. The zero-order chi connectivity index (χ0) is 17.1. The second-order valence-corrected chi connectivity index (χ2v) is 7.45. The third kappa shape index (κ3) is 3.57. The number of benzene rings is 3. The van der Waals surface area contributed by atoms with E-state index in [-0.39, 0.29) is 5.91 Å². The van der Waals surface area contributed by atoms with Crippen LogP contribution in [0.15, 0.2) is 66.7 Å². The summed E-state index contributed by atoms with van der Waals surface area (Å²) in [5.41, 5.74) is 3.98. The van der Waals surface area contributed by atoms with E-state index in [1.54, 1.807) is 11.8 Å². The SMILES string of the molecule is O=C(CSCc1cccc2ccccc12)N1CCc2ccccc2C1. The Labute approximate surface area is 152 Å². The summed E-state index contributed by atoms with van der Waals surface area (Å²) in [5.74, 6) is 1.67. The highest BCUT2D eigenvalue weighted by atomic mass is 32.2. The van der Waals surface area contributed by atoms with Crippen LogP contribution in [0.5, 0.6) is 0 Å². The van der Waals surface area contributed by atoms with Crippen molar-refractivity contribution in [3.63, 3.8) is 0 Å². The van der Waals surface area contributed by atoms with Crippen LogP contribution in [0, 0.1) is 0 Å². The summed E-state index contributed by atoms with van der Waals surface area (Å²) in [5, 5.41) is 2.55. The predicted octanol–water partition coefficient (Wildman–Crippen LogP) is 4.66. The minimum atomic E-state index is 0.250. The third-order valence-corrected chi connectivity index (χ3v) is 5.81. The summed E-state index contributed by atoms with van der Waals surface area (Å²) in [6.45, 7) is 1.59. The normalized spacial score (nSPS) is 13.7. The zero-order valence-electron chi connectivity index (χ0n) is 14.2. The Morgan fingerprint density at radius 2 is 1.68 bits per heavy atom. The number of rotatable bonds is 4.